The zero-order valence-corrected chi connectivity index (χ0v) is 13.8. The number of carbonyl (C=O) groups is 1. The van der Waals surface area contributed by atoms with E-state index in [0.29, 0.717) is 12.8 Å². The number of rotatable bonds is 4. The van der Waals surface area contributed by atoms with Gasteiger partial charge in [0.05, 0.1) is 6.10 Å². The summed E-state index contributed by atoms with van der Waals surface area (Å²) in [6.07, 6.45) is 1.71. The maximum absolute atomic E-state index is 10.8. The van der Waals surface area contributed by atoms with Crippen LogP contribution in [0.15, 0.2) is 0 Å². The number of aliphatic carboxylic acids is 1. The molecule has 1 aliphatic rings. The third-order valence-corrected chi connectivity index (χ3v) is 9.00. The van der Waals surface area contributed by atoms with Crippen molar-refractivity contribution < 1.29 is 19.4 Å². The summed E-state index contributed by atoms with van der Waals surface area (Å²) in [5, 5.41) is 18.9. The molecule has 0 aliphatic heterocycles. The van der Waals surface area contributed by atoms with E-state index in [0.717, 1.165) is 6.42 Å². The summed E-state index contributed by atoms with van der Waals surface area (Å²) in [5.41, 5.74) is 0. The molecular formula is C14H28O4Si. The standard InChI is InChI=1S/C14H28O4Si/c1-14(2,3)19(4,5)18-12-7-10(8-13(16)17)6-11(15)9-12/h10-12,15H,6-9H2,1-5H3,(H,16,17)/t10-,11+,12+/m1/s1. The minimum atomic E-state index is -1.85. The Morgan fingerprint density at radius 1 is 1.26 bits per heavy atom. The van der Waals surface area contributed by atoms with Crippen LogP contribution in [-0.2, 0) is 9.22 Å². The summed E-state index contributed by atoms with van der Waals surface area (Å²) in [6.45, 7) is 11.0. The second-order valence-corrected chi connectivity index (χ2v) is 12.1. The zero-order valence-electron chi connectivity index (χ0n) is 12.8. The van der Waals surface area contributed by atoms with Crippen molar-refractivity contribution in [2.75, 3.05) is 0 Å². The van der Waals surface area contributed by atoms with E-state index in [4.69, 9.17) is 9.53 Å². The lowest BCUT2D eigenvalue weighted by Crippen LogP contribution is -2.46. The Labute approximate surface area is 117 Å². The first-order chi connectivity index (χ1) is 8.51. The van der Waals surface area contributed by atoms with E-state index in [9.17, 15) is 9.90 Å². The summed E-state index contributed by atoms with van der Waals surface area (Å²) in [4.78, 5) is 10.8. The lowest BCUT2D eigenvalue weighted by atomic mass is 9.83. The van der Waals surface area contributed by atoms with Gasteiger partial charge in [-0.25, -0.2) is 0 Å². The van der Waals surface area contributed by atoms with Gasteiger partial charge in [0.1, 0.15) is 0 Å². The van der Waals surface area contributed by atoms with Crippen LogP contribution in [0.25, 0.3) is 0 Å². The smallest absolute Gasteiger partial charge is 0.303 e. The van der Waals surface area contributed by atoms with Crippen molar-refractivity contribution in [1.29, 1.82) is 0 Å². The van der Waals surface area contributed by atoms with E-state index in [-0.39, 0.29) is 23.5 Å². The predicted octanol–water partition coefficient (Wildman–Crippen LogP) is 3.01. The molecule has 0 bridgehead atoms. The van der Waals surface area contributed by atoms with Crippen LogP contribution < -0.4 is 0 Å². The Bertz CT molecular complexity index is 322. The van der Waals surface area contributed by atoms with Gasteiger partial charge in [0.25, 0.3) is 0 Å². The molecule has 3 atom stereocenters. The third-order valence-electron chi connectivity index (χ3n) is 4.47. The SMILES string of the molecule is CC(C)(C)[Si](C)(C)O[C@@H]1C[C@@H](O)C[C@@H](CC(=O)O)C1. The van der Waals surface area contributed by atoms with E-state index in [1.807, 2.05) is 0 Å². The van der Waals surface area contributed by atoms with Crippen LogP contribution in [0, 0.1) is 5.92 Å². The number of aliphatic hydroxyl groups is 1. The third kappa shape index (κ3) is 4.89. The number of hydrogen-bond donors (Lipinski definition) is 2. The van der Waals surface area contributed by atoms with Gasteiger partial charge < -0.3 is 14.6 Å². The molecule has 0 spiro atoms. The first-order valence-corrected chi connectivity index (χ1v) is 10.00. The molecular weight excluding hydrogens is 260 g/mol. The highest BCUT2D eigenvalue weighted by Gasteiger charge is 2.41. The molecule has 0 aromatic rings. The van der Waals surface area contributed by atoms with E-state index in [2.05, 4.69) is 33.9 Å². The molecule has 0 amide bonds. The van der Waals surface area contributed by atoms with Crippen LogP contribution in [0.2, 0.25) is 18.1 Å². The Hall–Kier alpha value is -0.393. The topological polar surface area (TPSA) is 66.8 Å². The molecule has 5 heteroatoms. The van der Waals surface area contributed by atoms with Crippen molar-refractivity contribution in [3.8, 4) is 0 Å². The van der Waals surface area contributed by atoms with Gasteiger partial charge in [-0.3, -0.25) is 4.79 Å². The number of hydrogen-bond acceptors (Lipinski definition) is 3. The molecule has 0 heterocycles. The molecule has 2 N–H and O–H groups in total. The van der Waals surface area contributed by atoms with Crippen LogP contribution in [0.5, 0.6) is 0 Å². The summed E-state index contributed by atoms with van der Waals surface area (Å²) < 4.78 is 6.31. The largest absolute Gasteiger partial charge is 0.481 e. The first-order valence-electron chi connectivity index (χ1n) is 7.09. The maximum Gasteiger partial charge on any atom is 0.303 e. The monoisotopic (exact) mass is 288 g/mol. The van der Waals surface area contributed by atoms with Crippen molar-refractivity contribution in [3.63, 3.8) is 0 Å². The minimum absolute atomic E-state index is 0.00833. The second-order valence-electron chi connectivity index (χ2n) is 7.32. The highest BCUT2D eigenvalue weighted by molar-refractivity contribution is 6.74. The fraction of sp³-hybridized carbons (Fsp3) is 0.929. The normalized spacial score (nSPS) is 29.3. The molecule has 19 heavy (non-hydrogen) atoms. The van der Waals surface area contributed by atoms with E-state index >= 15 is 0 Å². The van der Waals surface area contributed by atoms with Gasteiger partial charge in [-0.1, -0.05) is 20.8 Å². The molecule has 112 valence electrons. The van der Waals surface area contributed by atoms with Gasteiger partial charge in [0, 0.05) is 12.5 Å². The highest BCUT2D eigenvalue weighted by Crippen LogP contribution is 2.40. The van der Waals surface area contributed by atoms with Crippen LogP contribution in [0.4, 0.5) is 0 Å². The Morgan fingerprint density at radius 2 is 1.84 bits per heavy atom. The minimum Gasteiger partial charge on any atom is -0.481 e. The molecule has 1 fully saturated rings. The molecule has 1 aliphatic carbocycles. The van der Waals surface area contributed by atoms with Crippen LogP contribution in [-0.4, -0.2) is 36.7 Å². The first kappa shape index (κ1) is 16.7. The highest BCUT2D eigenvalue weighted by atomic mass is 28.4. The summed E-state index contributed by atoms with van der Waals surface area (Å²) >= 11 is 0. The van der Waals surface area contributed by atoms with Gasteiger partial charge in [-0.2, -0.15) is 0 Å². The molecule has 1 rings (SSSR count). The molecule has 0 unspecified atom stereocenters. The van der Waals surface area contributed by atoms with Crippen molar-refractivity contribution in [2.45, 2.75) is 76.8 Å². The second kappa shape index (κ2) is 5.93. The van der Waals surface area contributed by atoms with Crippen molar-refractivity contribution in [1.82, 2.24) is 0 Å². The van der Waals surface area contributed by atoms with Crippen LogP contribution in [0.1, 0.15) is 46.5 Å². The number of carboxylic acid groups (broad SMARTS) is 1. The molecule has 0 radical (unpaired) electrons. The van der Waals surface area contributed by atoms with Crippen molar-refractivity contribution >= 4 is 14.3 Å². The Morgan fingerprint density at radius 3 is 2.32 bits per heavy atom. The van der Waals surface area contributed by atoms with E-state index in [1.54, 1.807) is 0 Å². The molecule has 0 aromatic heterocycles. The zero-order chi connectivity index (χ0) is 14.8. The van der Waals surface area contributed by atoms with Crippen molar-refractivity contribution in [3.05, 3.63) is 0 Å². The Kier molecular flexibility index (Phi) is 5.20. The van der Waals surface area contributed by atoms with E-state index in [1.165, 1.54) is 0 Å². The van der Waals surface area contributed by atoms with Crippen LogP contribution >= 0.6 is 0 Å². The lowest BCUT2D eigenvalue weighted by Gasteiger charge is -2.42. The van der Waals surface area contributed by atoms with Gasteiger partial charge >= 0.3 is 5.97 Å². The molecule has 0 aromatic carbocycles. The predicted molar refractivity (Wildman–Crippen MR) is 77.7 cm³/mol. The van der Waals surface area contributed by atoms with Gasteiger partial charge in [-0.05, 0) is 43.3 Å². The average molecular weight is 288 g/mol. The number of aliphatic hydroxyl groups excluding tert-OH is 1. The molecule has 4 nitrogen and oxygen atoms in total. The number of carboxylic acids is 1. The Balaban J connectivity index is 2.65. The summed E-state index contributed by atoms with van der Waals surface area (Å²) in [6, 6.07) is 0. The summed E-state index contributed by atoms with van der Waals surface area (Å²) in [5.74, 6) is -0.749. The lowest BCUT2D eigenvalue weighted by molar-refractivity contribution is -0.139. The van der Waals surface area contributed by atoms with Crippen LogP contribution in [0.3, 0.4) is 0 Å². The van der Waals surface area contributed by atoms with E-state index < -0.39 is 20.4 Å². The van der Waals surface area contributed by atoms with Gasteiger partial charge in [-0.15, -0.1) is 0 Å². The fourth-order valence-electron chi connectivity index (χ4n) is 2.45. The van der Waals surface area contributed by atoms with Crippen molar-refractivity contribution in [2.24, 2.45) is 5.92 Å². The molecule has 0 saturated heterocycles. The maximum atomic E-state index is 10.8. The molecule has 1 saturated carbocycles. The fourth-order valence-corrected chi connectivity index (χ4v) is 3.83. The summed E-state index contributed by atoms with van der Waals surface area (Å²) in [7, 11) is -1.85. The van der Waals surface area contributed by atoms with Gasteiger partial charge in [0.2, 0.25) is 0 Å². The average Bonchev–Trinajstić information content (AvgIpc) is 2.11. The quantitative estimate of drug-likeness (QED) is 0.780. The van der Waals surface area contributed by atoms with Gasteiger partial charge in [0.15, 0.2) is 8.32 Å².